The van der Waals surface area contributed by atoms with E-state index in [1.54, 1.807) is 35.8 Å². The Kier molecular flexibility index (Phi) is 7.51. The van der Waals surface area contributed by atoms with Crippen LogP contribution < -0.4 is 10.9 Å². The average Bonchev–Trinajstić information content (AvgIpc) is 3.16. The largest absolute Gasteiger partial charge is 0.411 e. The number of hydrogen-bond donors (Lipinski definition) is 1. The van der Waals surface area contributed by atoms with Gasteiger partial charge in [-0.1, -0.05) is 24.3 Å². The fourth-order valence-corrected chi connectivity index (χ4v) is 3.98. The van der Waals surface area contributed by atoms with Gasteiger partial charge in [0, 0.05) is 29.9 Å². The Balaban J connectivity index is 1.38. The third-order valence-corrected chi connectivity index (χ3v) is 5.61. The second-order valence-electron chi connectivity index (χ2n) is 6.34. The zero-order valence-corrected chi connectivity index (χ0v) is 17.3. The number of nitrogens with zero attached hydrogens (tertiary/aromatic N) is 2. The summed E-state index contributed by atoms with van der Waals surface area (Å²) in [6, 6.07) is 8.25. The zero-order chi connectivity index (χ0) is 21.6. The van der Waals surface area contributed by atoms with Crippen molar-refractivity contribution in [2.45, 2.75) is 25.1 Å². The Morgan fingerprint density at radius 3 is 2.70 bits per heavy atom. The van der Waals surface area contributed by atoms with Gasteiger partial charge in [-0.2, -0.15) is 13.2 Å². The van der Waals surface area contributed by atoms with Crippen LogP contribution in [0.1, 0.15) is 16.8 Å². The molecule has 2 aromatic heterocycles. The summed E-state index contributed by atoms with van der Waals surface area (Å²) < 4.78 is 42.3. The van der Waals surface area contributed by atoms with Gasteiger partial charge >= 0.3 is 6.18 Å². The second kappa shape index (κ2) is 10.1. The SMILES string of the molecule is O=C(CSCc1cc(=O)n2ccsc2n1)NCc1ccc(COCC(F)(F)F)cc1. The third-order valence-electron chi connectivity index (χ3n) is 3.89. The van der Waals surface area contributed by atoms with Crippen LogP contribution in [0.15, 0.2) is 46.7 Å². The van der Waals surface area contributed by atoms with E-state index in [2.05, 4.69) is 15.0 Å². The van der Waals surface area contributed by atoms with Gasteiger partial charge in [-0.25, -0.2) is 4.98 Å². The van der Waals surface area contributed by atoms with E-state index in [0.717, 1.165) is 5.56 Å². The first kappa shape index (κ1) is 22.3. The van der Waals surface area contributed by atoms with E-state index in [4.69, 9.17) is 0 Å². The molecule has 1 amide bonds. The quantitative estimate of drug-likeness (QED) is 0.533. The first-order valence-electron chi connectivity index (χ1n) is 8.83. The molecule has 0 saturated heterocycles. The molecule has 0 bridgehead atoms. The Morgan fingerprint density at radius 2 is 1.97 bits per heavy atom. The first-order valence-corrected chi connectivity index (χ1v) is 10.9. The number of halogens is 3. The molecule has 3 aromatic rings. The van der Waals surface area contributed by atoms with E-state index in [0.29, 0.717) is 28.5 Å². The number of thioether (sulfide) groups is 1. The number of fused-ring (bicyclic) bond motifs is 1. The van der Waals surface area contributed by atoms with Gasteiger partial charge in [0.1, 0.15) is 6.61 Å². The molecule has 11 heteroatoms. The van der Waals surface area contributed by atoms with Crippen LogP contribution in [0.2, 0.25) is 0 Å². The Morgan fingerprint density at radius 1 is 1.23 bits per heavy atom. The number of carbonyl (C=O) groups is 1. The number of aromatic nitrogens is 2. The minimum atomic E-state index is -4.34. The summed E-state index contributed by atoms with van der Waals surface area (Å²) in [7, 11) is 0. The predicted octanol–water partition coefficient (Wildman–Crippen LogP) is 3.38. The van der Waals surface area contributed by atoms with Crippen molar-refractivity contribution in [1.29, 1.82) is 0 Å². The summed E-state index contributed by atoms with van der Waals surface area (Å²) in [6.45, 7) is -1.10. The van der Waals surface area contributed by atoms with Gasteiger partial charge in [0.15, 0.2) is 4.96 Å². The molecular weight excluding hydrogens is 439 g/mol. The van der Waals surface area contributed by atoms with Crippen LogP contribution in [-0.2, 0) is 28.4 Å². The summed E-state index contributed by atoms with van der Waals surface area (Å²) >= 11 is 2.73. The van der Waals surface area contributed by atoms with Crippen LogP contribution in [0.25, 0.3) is 4.96 Å². The third kappa shape index (κ3) is 6.85. The van der Waals surface area contributed by atoms with Crippen LogP contribution in [0.3, 0.4) is 0 Å². The highest BCUT2D eigenvalue weighted by Crippen LogP contribution is 2.16. The van der Waals surface area contributed by atoms with E-state index in [-0.39, 0.29) is 23.8 Å². The smallest absolute Gasteiger partial charge is 0.367 e. The van der Waals surface area contributed by atoms with Crippen LogP contribution in [0, 0.1) is 0 Å². The molecule has 160 valence electrons. The number of nitrogens with one attached hydrogen (secondary N) is 1. The maximum atomic E-state index is 12.1. The Hall–Kier alpha value is -2.37. The van der Waals surface area contributed by atoms with Crippen LogP contribution in [-0.4, -0.2) is 33.8 Å². The van der Waals surface area contributed by atoms with E-state index < -0.39 is 12.8 Å². The summed E-state index contributed by atoms with van der Waals surface area (Å²) in [4.78, 5) is 28.9. The molecule has 0 fully saturated rings. The summed E-state index contributed by atoms with van der Waals surface area (Å²) in [5.74, 6) is 0.505. The molecule has 0 aliphatic heterocycles. The van der Waals surface area contributed by atoms with E-state index in [9.17, 15) is 22.8 Å². The summed E-state index contributed by atoms with van der Waals surface area (Å²) in [5.41, 5.74) is 1.93. The highest BCUT2D eigenvalue weighted by atomic mass is 32.2. The van der Waals surface area contributed by atoms with E-state index in [1.165, 1.54) is 33.6 Å². The lowest BCUT2D eigenvalue weighted by atomic mass is 10.1. The molecular formula is C19H18F3N3O3S2. The number of amides is 1. The maximum absolute atomic E-state index is 12.1. The number of carbonyl (C=O) groups excluding carboxylic acids is 1. The van der Waals surface area contributed by atoms with E-state index >= 15 is 0 Å². The van der Waals surface area contributed by atoms with Crippen LogP contribution >= 0.6 is 23.1 Å². The van der Waals surface area contributed by atoms with Crippen LogP contribution in [0.5, 0.6) is 0 Å². The summed E-state index contributed by atoms with van der Waals surface area (Å²) in [5, 5.41) is 4.57. The Bertz CT molecular complexity index is 1050. The van der Waals surface area contributed by atoms with Gasteiger partial charge < -0.3 is 10.1 Å². The van der Waals surface area contributed by atoms with Gasteiger partial charge in [0.25, 0.3) is 5.56 Å². The lowest BCUT2D eigenvalue weighted by Gasteiger charge is -2.09. The van der Waals surface area contributed by atoms with Gasteiger partial charge in [0.2, 0.25) is 5.91 Å². The minimum Gasteiger partial charge on any atom is -0.367 e. The van der Waals surface area contributed by atoms with Crippen molar-refractivity contribution in [3.63, 3.8) is 0 Å². The molecule has 3 rings (SSSR count). The van der Waals surface area contributed by atoms with Crippen LogP contribution in [0.4, 0.5) is 13.2 Å². The fourth-order valence-electron chi connectivity index (χ4n) is 2.50. The average molecular weight is 457 g/mol. The number of ether oxygens (including phenoxy) is 1. The molecule has 0 saturated carbocycles. The number of thiazole rings is 1. The van der Waals surface area contributed by atoms with Crippen molar-refractivity contribution >= 4 is 34.0 Å². The molecule has 2 heterocycles. The van der Waals surface area contributed by atoms with Gasteiger partial charge in [-0.3, -0.25) is 14.0 Å². The van der Waals surface area contributed by atoms with Crippen molar-refractivity contribution in [3.05, 3.63) is 69.1 Å². The molecule has 0 unspecified atom stereocenters. The Labute approximate surface area is 178 Å². The number of benzene rings is 1. The topological polar surface area (TPSA) is 72.7 Å². The first-order chi connectivity index (χ1) is 14.3. The number of hydrogen-bond acceptors (Lipinski definition) is 6. The second-order valence-corrected chi connectivity index (χ2v) is 8.19. The molecule has 0 aliphatic carbocycles. The molecule has 1 N–H and O–H groups in total. The van der Waals surface area contributed by atoms with Crippen molar-refractivity contribution < 1.29 is 22.7 Å². The van der Waals surface area contributed by atoms with E-state index in [1.807, 2.05) is 0 Å². The van der Waals surface area contributed by atoms with Crippen molar-refractivity contribution in [1.82, 2.24) is 14.7 Å². The van der Waals surface area contributed by atoms with Gasteiger partial charge in [-0.05, 0) is 11.1 Å². The summed E-state index contributed by atoms with van der Waals surface area (Å²) in [6.07, 6.45) is -2.67. The number of rotatable bonds is 9. The highest BCUT2D eigenvalue weighted by Gasteiger charge is 2.27. The molecule has 0 radical (unpaired) electrons. The molecule has 0 aliphatic rings. The monoisotopic (exact) mass is 457 g/mol. The lowest BCUT2D eigenvalue weighted by molar-refractivity contribution is -0.176. The van der Waals surface area contributed by atoms with Crippen molar-refractivity contribution in [3.8, 4) is 0 Å². The van der Waals surface area contributed by atoms with Crippen molar-refractivity contribution in [2.24, 2.45) is 0 Å². The normalized spacial score (nSPS) is 11.7. The lowest BCUT2D eigenvalue weighted by Crippen LogP contribution is -2.24. The standard InChI is InChI=1S/C19H18F3N3O3S2/c20-19(21,22)12-28-9-14-3-1-13(2-4-14)8-23-16(26)11-29-10-15-7-17(27)25-5-6-30-18(25)24-15/h1-7H,8-12H2,(H,23,26). The maximum Gasteiger partial charge on any atom is 0.411 e. The highest BCUT2D eigenvalue weighted by molar-refractivity contribution is 7.99. The predicted molar refractivity (Wildman–Crippen MR) is 110 cm³/mol. The van der Waals surface area contributed by atoms with Crippen molar-refractivity contribution in [2.75, 3.05) is 12.4 Å². The van der Waals surface area contributed by atoms with Gasteiger partial charge in [-0.15, -0.1) is 23.1 Å². The molecule has 6 nitrogen and oxygen atoms in total. The molecule has 0 spiro atoms. The molecule has 1 aromatic carbocycles. The van der Waals surface area contributed by atoms with Gasteiger partial charge in [0.05, 0.1) is 18.1 Å². The fraction of sp³-hybridized carbons (Fsp3) is 0.316. The minimum absolute atomic E-state index is 0.127. The zero-order valence-electron chi connectivity index (χ0n) is 15.6. The number of alkyl halides is 3. The molecule has 30 heavy (non-hydrogen) atoms. The molecule has 0 atom stereocenters.